The molecule has 1 aromatic heterocycles. The standard InChI is InChI=1S/C17H21N3O4S/c1-2-23-17(21)15-16(19-20-18-15)25(22)14-10-6-9-13(11-14)24-12-7-4-3-5-8-12/h6,9-12H,2-5,7-8H2,1H3,(H,18,19,20). The smallest absolute Gasteiger partial charge is 0.363 e. The van der Waals surface area contributed by atoms with Crippen molar-refractivity contribution >= 4 is 17.1 Å². The number of nitrogens with one attached hydrogen (secondary N) is 1. The third-order valence-electron chi connectivity index (χ3n) is 4.05. The molecule has 1 aliphatic rings. The highest BCUT2D eigenvalue weighted by atomic mass is 32.2. The normalized spacial score (nSPS) is 16.4. The lowest BCUT2D eigenvalue weighted by Gasteiger charge is -2.23. The van der Waals surface area contributed by atoms with E-state index < -0.39 is 17.1 Å². The molecule has 0 aliphatic heterocycles. The number of rotatable bonds is 6. The van der Waals surface area contributed by atoms with Crippen molar-refractivity contribution in [2.24, 2.45) is 0 Å². The molecule has 0 radical (unpaired) electrons. The zero-order valence-corrected chi connectivity index (χ0v) is 14.9. The molecule has 134 valence electrons. The second-order valence-corrected chi connectivity index (χ2v) is 7.23. The van der Waals surface area contributed by atoms with Gasteiger partial charge in [0.15, 0.2) is 4.90 Å². The van der Waals surface area contributed by atoms with Crippen molar-refractivity contribution in [1.82, 2.24) is 15.4 Å². The Morgan fingerprint density at radius 1 is 1.36 bits per heavy atom. The molecule has 1 aromatic carbocycles. The van der Waals surface area contributed by atoms with Crippen molar-refractivity contribution in [1.29, 1.82) is 0 Å². The Morgan fingerprint density at radius 2 is 2.16 bits per heavy atom. The van der Waals surface area contributed by atoms with Crippen LogP contribution in [0.15, 0.2) is 34.2 Å². The Morgan fingerprint density at radius 3 is 2.92 bits per heavy atom. The molecular formula is C17H21N3O4S. The predicted molar refractivity (Wildman–Crippen MR) is 91.0 cm³/mol. The SMILES string of the molecule is CCOC(=O)c1[nH]nnc1[S+]([O-])c1cccc(OC2CCCCC2)c1. The minimum atomic E-state index is -1.65. The van der Waals surface area contributed by atoms with E-state index >= 15 is 0 Å². The summed E-state index contributed by atoms with van der Waals surface area (Å²) in [4.78, 5) is 12.4. The summed E-state index contributed by atoms with van der Waals surface area (Å²) >= 11 is -1.65. The van der Waals surface area contributed by atoms with Crippen LogP contribution in [0.1, 0.15) is 49.5 Å². The number of benzene rings is 1. The second-order valence-electron chi connectivity index (χ2n) is 5.83. The maximum absolute atomic E-state index is 12.8. The average molecular weight is 363 g/mol. The molecule has 0 amide bonds. The molecular weight excluding hydrogens is 342 g/mol. The minimum Gasteiger partial charge on any atom is -0.605 e. The molecule has 1 saturated carbocycles. The Balaban J connectivity index is 1.76. The van der Waals surface area contributed by atoms with Gasteiger partial charge in [0.1, 0.15) is 5.75 Å². The van der Waals surface area contributed by atoms with Crippen molar-refractivity contribution in [3.8, 4) is 5.75 Å². The second kappa shape index (κ2) is 8.35. The van der Waals surface area contributed by atoms with Gasteiger partial charge >= 0.3 is 11.0 Å². The lowest BCUT2D eigenvalue weighted by molar-refractivity contribution is 0.0514. The van der Waals surface area contributed by atoms with Crippen LogP contribution in [0.25, 0.3) is 0 Å². The summed E-state index contributed by atoms with van der Waals surface area (Å²) in [6.07, 6.45) is 5.91. The molecule has 1 heterocycles. The monoisotopic (exact) mass is 363 g/mol. The van der Waals surface area contributed by atoms with Crippen LogP contribution in [-0.4, -0.2) is 38.6 Å². The number of carbonyl (C=O) groups is 1. The van der Waals surface area contributed by atoms with Gasteiger partial charge in [-0.1, -0.05) is 22.8 Å². The van der Waals surface area contributed by atoms with Crippen LogP contribution in [0.3, 0.4) is 0 Å². The number of aromatic nitrogens is 3. The van der Waals surface area contributed by atoms with E-state index in [1.807, 2.05) is 6.07 Å². The Hall–Kier alpha value is -2.06. The predicted octanol–water partition coefficient (Wildman–Crippen LogP) is 2.86. The fourth-order valence-electron chi connectivity index (χ4n) is 2.83. The molecule has 0 spiro atoms. The maximum Gasteiger partial charge on any atom is 0.363 e. The fourth-order valence-corrected chi connectivity index (χ4v) is 3.91. The third kappa shape index (κ3) is 4.32. The van der Waals surface area contributed by atoms with Gasteiger partial charge in [0.05, 0.1) is 12.7 Å². The van der Waals surface area contributed by atoms with Gasteiger partial charge in [0.25, 0.3) is 0 Å². The van der Waals surface area contributed by atoms with Crippen molar-refractivity contribution < 1.29 is 18.8 Å². The van der Waals surface area contributed by atoms with Gasteiger partial charge in [-0.25, -0.2) is 9.89 Å². The zero-order chi connectivity index (χ0) is 17.6. The average Bonchev–Trinajstić information content (AvgIpc) is 3.12. The molecule has 3 rings (SSSR count). The molecule has 25 heavy (non-hydrogen) atoms. The first-order valence-electron chi connectivity index (χ1n) is 8.45. The van der Waals surface area contributed by atoms with Crippen molar-refractivity contribution in [3.05, 3.63) is 30.0 Å². The molecule has 1 unspecified atom stereocenters. The summed E-state index contributed by atoms with van der Waals surface area (Å²) < 4.78 is 23.7. The van der Waals surface area contributed by atoms with E-state index in [2.05, 4.69) is 15.4 Å². The van der Waals surface area contributed by atoms with Gasteiger partial charge in [0.2, 0.25) is 5.69 Å². The van der Waals surface area contributed by atoms with E-state index in [1.54, 1.807) is 25.1 Å². The summed E-state index contributed by atoms with van der Waals surface area (Å²) in [5.74, 6) is 0.0596. The van der Waals surface area contributed by atoms with E-state index in [-0.39, 0.29) is 23.4 Å². The number of ether oxygens (including phenoxy) is 2. The number of H-pyrrole nitrogens is 1. The molecule has 1 atom stereocenters. The lowest BCUT2D eigenvalue weighted by Crippen LogP contribution is -2.19. The largest absolute Gasteiger partial charge is 0.605 e. The van der Waals surface area contributed by atoms with E-state index in [0.717, 1.165) is 12.8 Å². The van der Waals surface area contributed by atoms with Crippen LogP contribution in [-0.2, 0) is 15.9 Å². The molecule has 7 nitrogen and oxygen atoms in total. The van der Waals surface area contributed by atoms with Gasteiger partial charge in [-0.15, -0.1) is 0 Å². The Kier molecular flexibility index (Phi) is 5.93. The van der Waals surface area contributed by atoms with Gasteiger partial charge in [-0.2, -0.15) is 0 Å². The first kappa shape index (κ1) is 17.8. The summed E-state index contributed by atoms with van der Waals surface area (Å²) in [5.41, 5.74) is 0.0128. The maximum atomic E-state index is 12.8. The molecule has 2 aromatic rings. The van der Waals surface area contributed by atoms with Gasteiger partial charge in [-0.3, -0.25) is 0 Å². The zero-order valence-electron chi connectivity index (χ0n) is 14.1. The molecule has 1 N–H and O–H groups in total. The molecule has 8 heteroatoms. The van der Waals surface area contributed by atoms with Crippen LogP contribution in [0.4, 0.5) is 0 Å². The first-order valence-corrected chi connectivity index (χ1v) is 9.60. The summed E-state index contributed by atoms with van der Waals surface area (Å²) in [6.45, 7) is 1.92. The van der Waals surface area contributed by atoms with Crippen molar-refractivity contribution in [2.45, 2.75) is 55.1 Å². The summed E-state index contributed by atoms with van der Waals surface area (Å²) in [7, 11) is 0. The van der Waals surface area contributed by atoms with Gasteiger partial charge in [0, 0.05) is 17.2 Å². The topological polar surface area (TPSA) is 100 Å². The van der Waals surface area contributed by atoms with Crippen LogP contribution >= 0.6 is 0 Å². The minimum absolute atomic E-state index is 0.0128. The number of esters is 1. The summed E-state index contributed by atoms with van der Waals surface area (Å²) in [6, 6.07) is 7.08. The van der Waals surface area contributed by atoms with Crippen molar-refractivity contribution in [2.75, 3.05) is 6.61 Å². The van der Waals surface area contributed by atoms with Crippen LogP contribution < -0.4 is 4.74 Å². The third-order valence-corrected chi connectivity index (χ3v) is 5.37. The van der Waals surface area contributed by atoms with E-state index in [4.69, 9.17) is 9.47 Å². The number of aromatic amines is 1. The van der Waals surface area contributed by atoms with Gasteiger partial charge in [-0.05, 0) is 44.7 Å². The highest BCUT2D eigenvalue weighted by Gasteiger charge is 2.29. The fraction of sp³-hybridized carbons (Fsp3) is 0.471. The van der Waals surface area contributed by atoms with E-state index in [1.165, 1.54) is 19.3 Å². The first-order chi connectivity index (χ1) is 12.2. The van der Waals surface area contributed by atoms with Crippen LogP contribution in [0, 0.1) is 0 Å². The Bertz CT molecular complexity index is 715. The highest BCUT2D eigenvalue weighted by Crippen LogP contribution is 2.27. The highest BCUT2D eigenvalue weighted by molar-refractivity contribution is 7.91. The van der Waals surface area contributed by atoms with Crippen molar-refractivity contribution in [3.63, 3.8) is 0 Å². The molecule has 1 fully saturated rings. The van der Waals surface area contributed by atoms with E-state index in [9.17, 15) is 9.35 Å². The number of nitrogens with zero attached hydrogens (tertiary/aromatic N) is 2. The quantitative estimate of drug-likeness (QED) is 0.626. The number of hydrogen-bond acceptors (Lipinski definition) is 6. The molecule has 0 bridgehead atoms. The number of hydrogen-bond donors (Lipinski definition) is 1. The van der Waals surface area contributed by atoms with Gasteiger partial charge < -0.3 is 14.0 Å². The number of carbonyl (C=O) groups excluding carboxylic acids is 1. The van der Waals surface area contributed by atoms with Crippen LogP contribution in [0.2, 0.25) is 0 Å². The van der Waals surface area contributed by atoms with Crippen LogP contribution in [0.5, 0.6) is 5.75 Å². The summed E-state index contributed by atoms with van der Waals surface area (Å²) in [5, 5.41) is 9.91. The lowest BCUT2D eigenvalue weighted by atomic mass is 9.98. The molecule has 0 saturated heterocycles. The molecule has 1 aliphatic carbocycles. The Labute approximate surface area is 149 Å². The van der Waals surface area contributed by atoms with E-state index in [0.29, 0.717) is 10.6 Å².